The third kappa shape index (κ3) is 5.76. The Balaban J connectivity index is 1.63. The second kappa shape index (κ2) is 10.5. The van der Waals surface area contributed by atoms with E-state index in [1.807, 2.05) is 0 Å². The van der Waals surface area contributed by atoms with Crippen LogP contribution in [0.4, 0.5) is 0 Å². The molecule has 31 heavy (non-hydrogen) atoms. The number of ether oxygens (including phenoxy) is 3. The van der Waals surface area contributed by atoms with Crippen LogP contribution >= 0.6 is 11.6 Å². The molecule has 0 unspecified atom stereocenters. The van der Waals surface area contributed by atoms with Crippen LogP contribution in [-0.4, -0.2) is 43.1 Å². The molecule has 1 aromatic heterocycles. The van der Waals surface area contributed by atoms with E-state index in [9.17, 15) is 9.59 Å². The largest absolute Gasteiger partial charge is 0.497 e. The van der Waals surface area contributed by atoms with Gasteiger partial charge in [-0.05, 0) is 36.4 Å². The summed E-state index contributed by atoms with van der Waals surface area (Å²) < 4.78 is 17.3. The third-order valence-corrected chi connectivity index (χ3v) is 4.70. The number of carbonyl (C=O) groups excluding carboxylic acids is 1. The molecule has 0 spiro atoms. The molecule has 0 atom stereocenters. The Morgan fingerprint density at radius 1 is 1.06 bits per heavy atom. The van der Waals surface area contributed by atoms with Crippen molar-refractivity contribution in [1.29, 1.82) is 0 Å². The number of aromatic nitrogens is 2. The molecular weight excluding hydrogens is 422 g/mol. The van der Waals surface area contributed by atoms with Crippen LogP contribution in [0.3, 0.4) is 0 Å². The first-order chi connectivity index (χ1) is 15.0. The Bertz CT molecular complexity index is 1120. The van der Waals surface area contributed by atoms with Gasteiger partial charge in [0.15, 0.2) is 6.61 Å². The fourth-order valence-electron chi connectivity index (χ4n) is 2.82. The van der Waals surface area contributed by atoms with Gasteiger partial charge in [-0.3, -0.25) is 9.59 Å². The maximum Gasteiger partial charge on any atom is 0.266 e. The van der Waals surface area contributed by atoms with Gasteiger partial charge in [0.05, 0.1) is 31.5 Å². The van der Waals surface area contributed by atoms with E-state index in [-0.39, 0.29) is 31.2 Å². The fourth-order valence-corrected chi connectivity index (χ4v) is 3.01. The van der Waals surface area contributed by atoms with Crippen molar-refractivity contribution < 1.29 is 19.0 Å². The maximum atomic E-state index is 12.2. The van der Waals surface area contributed by atoms with Crippen molar-refractivity contribution in [2.75, 3.05) is 27.4 Å². The van der Waals surface area contributed by atoms with Gasteiger partial charge in [0, 0.05) is 18.2 Å². The monoisotopic (exact) mass is 443 g/mol. The highest BCUT2D eigenvalue weighted by Crippen LogP contribution is 2.31. The number of carbonyl (C=O) groups is 1. The lowest BCUT2D eigenvalue weighted by Gasteiger charge is -2.12. The van der Waals surface area contributed by atoms with E-state index >= 15 is 0 Å². The van der Waals surface area contributed by atoms with Crippen LogP contribution in [-0.2, 0) is 11.3 Å². The Morgan fingerprint density at radius 3 is 2.61 bits per heavy atom. The molecule has 0 aliphatic carbocycles. The second-order valence-corrected chi connectivity index (χ2v) is 6.82. The molecule has 0 fully saturated rings. The van der Waals surface area contributed by atoms with Crippen LogP contribution in [0.25, 0.3) is 11.3 Å². The van der Waals surface area contributed by atoms with Gasteiger partial charge in [0.1, 0.15) is 17.2 Å². The zero-order valence-corrected chi connectivity index (χ0v) is 17.9. The first kappa shape index (κ1) is 22.2. The zero-order chi connectivity index (χ0) is 22.2. The van der Waals surface area contributed by atoms with Gasteiger partial charge in [0.25, 0.3) is 11.5 Å². The molecule has 1 heterocycles. The molecule has 8 nitrogen and oxygen atoms in total. The number of hydrogen-bond acceptors (Lipinski definition) is 6. The lowest BCUT2D eigenvalue weighted by Crippen LogP contribution is -2.34. The van der Waals surface area contributed by atoms with Gasteiger partial charge >= 0.3 is 0 Å². The number of nitrogens with one attached hydrogen (secondary N) is 1. The Morgan fingerprint density at radius 2 is 1.87 bits per heavy atom. The molecule has 0 aliphatic heterocycles. The summed E-state index contributed by atoms with van der Waals surface area (Å²) in [5.41, 5.74) is 0.948. The quantitative estimate of drug-likeness (QED) is 0.546. The van der Waals surface area contributed by atoms with Crippen LogP contribution in [0.5, 0.6) is 17.2 Å². The number of halogens is 1. The highest BCUT2D eigenvalue weighted by molar-refractivity contribution is 6.32. The normalized spacial score (nSPS) is 10.4. The minimum Gasteiger partial charge on any atom is -0.497 e. The van der Waals surface area contributed by atoms with Gasteiger partial charge in [-0.1, -0.05) is 23.7 Å². The van der Waals surface area contributed by atoms with Crippen molar-refractivity contribution in [3.05, 3.63) is 70.0 Å². The molecule has 3 rings (SSSR count). The van der Waals surface area contributed by atoms with Crippen molar-refractivity contribution in [2.24, 2.45) is 0 Å². The molecule has 2 aromatic carbocycles. The van der Waals surface area contributed by atoms with E-state index in [1.54, 1.807) is 62.8 Å². The summed E-state index contributed by atoms with van der Waals surface area (Å²) in [6.45, 7) is 0.209. The number of nitrogens with zero attached hydrogens (tertiary/aromatic N) is 2. The van der Waals surface area contributed by atoms with E-state index in [0.29, 0.717) is 33.5 Å². The minimum absolute atomic E-state index is 0.187. The van der Waals surface area contributed by atoms with Crippen molar-refractivity contribution in [2.45, 2.75) is 6.54 Å². The molecule has 1 amide bonds. The fraction of sp³-hybridized carbons (Fsp3) is 0.227. The molecule has 3 aromatic rings. The van der Waals surface area contributed by atoms with Crippen molar-refractivity contribution in [3.8, 4) is 28.5 Å². The topological polar surface area (TPSA) is 91.7 Å². The Kier molecular flexibility index (Phi) is 7.50. The summed E-state index contributed by atoms with van der Waals surface area (Å²) in [5, 5.41) is 7.52. The van der Waals surface area contributed by atoms with Gasteiger partial charge < -0.3 is 19.5 Å². The summed E-state index contributed by atoms with van der Waals surface area (Å²) in [6, 6.07) is 15.3. The van der Waals surface area contributed by atoms with E-state index in [4.69, 9.17) is 25.8 Å². The van der Waals surface area contributed by atoms with Crippen molar-refractivity contribution in [1.82, 2.24) is 15.1 Å². The van der Waals surface area contributed by atoms with Gasteiger partial charge in [-0.15, -0.1) is 0 Å². The predicted octanol–water partition coefficient (Wildman–Crippen LogP) is 2.78. The van der Waals surface area contributed by atoms with Crippen LogP contribution in [0.2, 0.25) is 5.02 Å². The van der Waals surface area contributed by atoms with Crippen LogP contribution in [0, 0.1) is 0 Å². The number of amides is 1. The molecule has 1 N–H and O–H groups in total. The SMILES string of the molecule is COc1ccc(OC)c(-c2ccc(=O)n(CCNC(=O)COc3ccccc3Cl)n2)c1. The zero-order valence-electron chi connectivity index (χ0n) is 17.1. The summed E-state index contributed by atoms with van der Waals surface area (Å²) >= 11 is 6.00. The molecule has 0 radical (unpaired) electrons. The molecule has 0 saturated carbocycles. The van der Waals surface area contributed by atoms with E-state index in [0.717, 1.165) is 0 Å². The van der Waals surface area contributed by atoms with Gasteiger partial charge in [-0.2, -0.15) is 5.10 Å². The summed E-state index contributed by atoms with van der Waals surface area (Å²) in [4.78, 5) is 24.2. The van der Waals surface area contributed by atoms with Crippen LogP contribution in [0.1, 0.15) is 0 Å². The number of para-hydroxylation sites is 1. The minimum atomic E-state index is -0.335. The summed E-state index contributed by atoms with van der Waals surface area (Å²) in [6.07, 6.45) is 0. The lowest BCUT2D eigenvalue weighted by atomic mass is 10.1. The summed E-state index contributed by atoms with van der Waals surface area (Å²) in [5.74, 6) is 1.33. The number of methoxy groups -OCH3 is 2. The average Bonchev–Trinajstić information content (AvgIpc) is 2.79. The van der Waals surface area contributed by atoms with Crippen LogP contribution < -0.4 is 25.1 Å². The molecule has 0 bridgehead atoms. The standard InChI is InChI=1S/C22H22ClN3O5/c1-29-15-7-9-19(30-2)16(13-15)18-8-10-22(28)26(25-18)12-11-24-21(27)14-31-20-6-4-3-5-17(20)23/h3-10,13H,11-12,14H2,1-2H3,(H,24,27). The Hall–Kier alpha value is -3.52. The van der Waals surface area contributed by atoms with Gasteiger partial charge in [-0.25, -0.2) is 4.68 Å². The number of rotatable bonds is 9. The molecule has 162 valence electrons. The Labute approximate surface area is 184 Å². The summed E-state index contributed by atoms with van der Waals surface area (Å²) in [7, 11) is 3.12. The third-order valence-electron chi connectivity index (χ3n) is 4.39. The predicted molar refractivity (Wildman–Crippen MR) is 117 cm³/mol. The average molecular weight is 444 g/mol. The van der Waals surface area contributed by atoms with Crippen molar-refractivity contribution >= 4 is 17.5 Å². The number of hydrogen-bond donors (Lipinski definition) is 1. The first-order valence-corrected chi connectivity index (χ1v) is 9.84. The molecule has 9 heteroatoms. The highest BCUT2D eigenvalue weighted by Gasteiger charge is 2.11. The smallest absolute Gasteiger partial charge is 0.266 e. The first-order valence-electron chi connectivity index (χ1n) is 9.46. The molecule has 0 aliphatic rings. The maximum absolute atomic E-state index is 12.2. The van der Waals surface area contributed by atoms with E-state index in [2.05, 4.69) is 10.4 Å². The second-order valence-electron chi connectivity index (χ2n) is 6.42. The molecular formula is C22H22ClN3O5. The van der Waals surface area contributed by atoms with Crippen molar-refractivity contribution in [3.63, 3.8) is 0 Å². The van der Waals surface area contributed by atoms with Gasteiger partial charge in [0.2, 0.25) is 0 Å². The van der Waals surface area contributed by atoms with E-state index < -0.39 is 0 Å². The molecule has 0 saturated heterocycles. The van der Waals surface area contributed by atoms with E-state index in [1.165, 1.54) is 10.7 Å². The highest BCUT2D eigenvalue weighted by atomic mass is 35.5. The lowest BCUT2D eigenvalue weighted by molar-refractivity contribution is -0.123. The van der Waals surface area contributed by atoms with Crippen LogP contribution in [0.15, 0.2) is 59.4 Å². The number of benzene rings is 2.